The van der Waals surface area contributed by atoms with Gasteiger partial charge in [0.15, 0.2) is 0 Å². The highest BCUT2D eigenvalue weighted by molar-refractivity contribution is 8.00. The lowest BCUT2D eigenvalue weighted by Crippen LogP contribution is -2.32. The van der Waals surface area contributed by atoms with Crippen molar-refractivity contribution in [2.75, 3.05) is 4.90 Å². The molecular formula is C28H22N2O4S2. The number of nitrogens with zero attached hydrogens (tertiary/aromatic N) is 1. The van der Waals surface area contributed by atoms with Crippen LogP contribution in [0, 0.1) is 12.8 Å². The van der Waals surface area contributed by atoms with Crippen LogP contribution in [0.3, 0.4) is 0 Å². The van der Waals surface area contributed by atoms with Crippen LogP contribution in [0.15, 0.2) is 88.7 Å². The van der Waals surface area contributed by atoms with E-state index >= 15 is 0 Å². The maximum atomic E-state index is 13.7. The monoisotopic (exact) mass is 514 g/mol. The minimum atomic E-state index is -0.600. The Balaban J connectivity index is 1.33. The summed E-state index contributed by atoms with van der Waals surface area (Å²) in [6.07, 6.45) is 0. The van der Waals surface area contributed by atoms with Crippen molar-refractivity contribution >= 4 is 40.6 Å². The number of thiazole rings is 1. The summed E-state index contributed by atoms with van der Waals surface area (Å²) in [6, 6.07) is 24.7. The molecule has 0 bridgehead atoms. The van der Waals surface area contributed by atoms with Crippen molar-refractivity contribution in [3.8, 4) is 5.75 Å². The Morgan fingerprint density at radius 2 is 1.61 bits per heavy atom. The molecule has 3 aromatic carbocycles. The van der Waals surface area contributed by atoms with Crippen molar-refractivity contribution in [1.29, 1.82) is 0 Å². The molecule has 6 nitrogen and oxygen atoms in total. The minimum absolute atomic E-state index is 0.185. The van der Waals surface area contributed by atoms with Crippen LogP contribution in [0.1, 0.15) is 27.5 Å². The molecule has 8 heteroatoms. The van der Waals surface area contributed by atoms with E-state index in [-0.39, 0.29) is 16.7 Å². The third-order valence-corrected chi connectivity index (χ3v) is 9.13. The van der Waals surface area contributed by atoms with Gasteiger partial charge in [0.05, 0.1) is 16.6 Å². The third kappa shape index (κ3) is 3.86. The SMILES string of the molecule is Cc1ccccc1COc1ccc(C2c3sc(=O)[nH]c3SC3C(=O)N(c4ccccc4)C(=O)C32)cc1. The summed E-state index contributed by atoms with van der Waals surface area (Å²) in [5.41, 5.74) is 3.73. The average Bonchev–Trinajstić information content (AvgIpc) is 3.38. The van der Waals surface area contributed by atoms with Crippen molar-refractivity contribution in [1.82, 2.24) is 4.98 Å². The molecule has 1 aromatic heterocycles. The molecule has 2 aliphatic heterocycles. The van der Waals surface area contributed by atoms with E-state index in [1.54, 1.807) is 12.1 Å². The summed E-state index contributed by atoms with van der Waals surface area (Å²) in [5, 5.41) is 0.0737. The van der Waals surface area contributed by atoms with Gasteiger partial charge in [-0.3, -0.25) is 14.4 Å². The van der Waals surface area contributed by atoms with Crippen molar-refractivity contribution < 1.29 is 14.3 Å². The molecule has 2 amide bonds. The van der Waals surface area contributed by atoms with Crippen LogP contribution < -0.4 is 14.5 Å². The van der Waals surface area contributed by atoms with Gasteiger partial charge in [-0.2, -0.15) is 0 Å². The van der Waals surface area contributed by atoms with Crippen molar-refractivity contribution in [3.63, 3.8) is 0 Å². The normalized spacial score (nSPS) is 20.8. The molecule has 1 saturated heterocycles. The fourth-order valence-electron chi connectivity index (χ4n) is 4.91. The van der Waals surface area contributed by atoms with Crippen LogP contribution in [0.25, 0.3) is 0 Å². The van der Waals surface area contributed by atoms with E-state index in [0.29, 0.717) is 23.1 Å². The molecule has 1 N–H and O–H groups in total. The Hall–Kier alpha value is -3.62. The van der Waals surface area contributed by atoms with Gasteiger partial charge in [0, 0.05) is 10.8 Å². The molecule has 1 fully saturated rings. The van der Waals surface area contributed by atoms with Crippen LogP contribution in [0.5, 0.6) is 5.75 Å². The summed E-state index contributed by atoms with van der Waals surface area (Å²) in [5.74, 6) is -0.765. The van der Waals surface area contributed by atoms with Crippen LogP contribution in [0.2, 0.25) is 0 Å². The van der Waals surface area contributed by atoms with Crippen LogP contribution in [-0.4, -0.2) is 22.0 Å². The number of thioether (sulfide) groups is 1. The Kier molecular flexibility index (Phi) is 5.78. The third-order valence-electron chi connectivity index (χ3n) is 6.73. The number of aromatic nitrogens is 1. The lowest BCUT2D eigenvalue weighted by molar-refractivity contribution is -0.122. The number of rotatable bonds is 5. The molecule has 0 radical (unpaired) electrons. The molecule has 3 atom stereocenters. The average molecular weight is 515 g/mol. The second-order valence-electron chi connectivity index (χ2n) is 8.88. The number of hydrogen-bond acceptors (Lipinski definition) is 6. The standard InChI is InChI=1S/C28H22N2O4S2/c1-16-7-5-6-8-18(16)15-34-20-13-11-17(12-14-20)21-22-24(35-25-23(21)36-28(33)29-25)27(32)30(26(22)31)19-9-3-2-4-10-19/h2-14,21-22,24H,15H2,1H3,(H,29,33). The Bertz CT molecular complexity index is 1510. The summed E-state index contributed by atoms with van der Waals surface area (Å²) in [7, 11) is 0. The second-order valence-corrected chi connectivity index (χ2v) is 11.0. The number of H-pyrrole nitrogens is 1. The van der Waals surface area contributed by atoms with Crippen molar-refractivity contribution in [2.24, 2.45) is 5.92 Å². The van der Waals surface area contributed by atoms with Crippen LogP contribution in [0.4, 0.5) is 5.69 Å². The van der Waals surface area contributed by atoms with Gasteiger partial charge in [-0.15, -0.1) is 0 Å². The first kappa shape index (κ1) is 22.8. The predicted molar refractivity (Wildman–Crippen MR) is 141 cm³/mol. The Morgan fingerprint density at radius 3 is 2.36 bits per heavy atom. The van der Waals surface area contributed by atoms with Gasteiger partial charge in [0.1, 0.15) is 17.6 Å². The highest BCUT2D eigenvalue weighted by atomic mass is 32.2. The number of hydrogen-bond donors (Lipinski definition) is 1. The van der Waals surface area contributed by atoms with E-state index in [1.807, 2.05) is 60.7 Å². The smallest absolute Gasteiger partial charge is 0.305 e. The minimum Gasteiger partial charge on any atom is -0.489 e. The quantitative estimate of drug-likeness (QED) is 0.374. The molecule has 0 aliphatic carbocycles. The topological polar surface area (TPSA) is 79.5 Å². The first-order valence-corrected chi connectivity index (χ1v) is 13.3. The van der Waals surface area contributed by atoms with E-state index in [1.165, 1.54) is 22.2 Å². The molecule has 4 aromatic rings. The summed E-state index contributed by atoms with van der Waals surface area (Å²) in [4.78, 5) is 44.2. The number of carbonyl (C=O) groups excluding carboxylic acids is 2. The zero-order valence-electron chi connectivity index (χ0n) is 19.3. The molecule has 180 valence electrons. The van der Waals surface area contributed by atoms with Gasteiger partial charge >= 0.3 is 4.87 Å². The van der Waals surface area contributed by atoms with E-state index in [4.69, 9.17) is 4.74 Å². The first-order valence-electron chi connectivity index (χ1n) is 11.6. The Labute approximate surface area is 215 Å². The van der Waals surface area contributed by atoms with E-state index < -0.39 is 17.1 Å². The van der Waals surface area contributed by atoms with Gasteiger partial charge < -0.3 is 9.72 Å². The van der Waals surface area contributed by atoms with E-state index in [2.05, 4.69) is 18.0 Å². The Morgan fingerprint density at radius 1 is 0.889 bits per heavy atom. The number of imide groups is 1. The summed E-state index contributed by atoms with van der Waals surface area (Å²) >= 11 is 2.40. The zero-order valence-corrected chi connectivity index (χ0v) is 21.0. The maximum Gasteiger partial charge on any atom is 0.305 e. The number of ether oxygens (including phenoxy) is 1. The van der Waals surface area contributed by atoms with Crippen molar-refractivity contribution in [2.45, 2.75) is 29.7 Å². The fraction of sp³-hybridized carbons (Fsp3) is 0.179. The number of carbonyl (C=O) groups is 2. The summed E-state index contributed by atoms with van der Waals surface area (Å²) < 4.78 is 6.00. The number of benzene rings is 3. The molecule has 6 rings (SSSR count). The van der Waals surface area contributed by atoms with Gasteiger partial charge in [0.25, 0.3) is 0 Å². The molecule has 2 aliphatic rings. The van der Waals surface area contributed by atoms with Gasteiger partial charge in [0.2, 0.25) is 11.8 Å². The molecule has 0 saturated carbocycles. The fourth-order valence-corrected chi connectivity index (χ4v) is 7.43. The molecular weight excluding hydrogens is 492 g/mol. The largest absolute Gasteiger partial charge is 0.489 e. The number of anilines is 1. The van der Waals surface area contributed by atoms with Crippen molar-refractivity contribution in [3.05, 3.63) is 110 Å². The first-order chi connectivity index (χ1) is 17.5. The maximum absolute atomic E-state index is 13.7. The van der Waals surface area contributed by atoms with Crippen LogP contribution in [-0.2, 0) is 16.2 Å². The van der Waals surface area contributed by atoms with Gasteiger partial charge in [-0.25, -0.2) is 4.90 Å². The van der Waals surface area contributed by atoms with Crippen LogP contribution >= 0.6 is 23.1 Å². The number of aryl methyl sites for hydroxylation is 1. The van der Waals surface area contributed by atoms with E-state index in [0.717, 1.165) is 27.3 Å². The number of aromatic amines is 1. The van der Waals surface area contributed by atoms with E-state index in [9.17, 15) is 14.4 Å². The second kappa shape index (κ2) is 9.11. The predicted octanol–water partition coefficient (Wildman–Crippen LogP) is 5.12. The summed E-state index contributed by atoms with van der Waals surface area (Å²) in [6.45, 7) is 2.51. The lowest BCUT2D eigenvalue weighted by Gasteiger charge is -2.29. The number of para-hydroxylation sites is 1. The molecule has 3 unspecified atom stereocenters. The van der Waals surface area contributed by atoms with Gasteiger partial charge in [-0.1, -0.05) is 77.7 Å². The highest BCUT2D eigenvalue weighted by Crippen LogP contribution is 2.53. The van der Waals surface area contributed by atoms with Gasteiger partial charge in [-0.05, 0) is 47.9 Å². The molecule has 3 heterocycles. The lowest BCUT2D eigenvalue weighted by atomic mass is 9.83. The zero-order chi connectivity index (χ0) is 24.8. The number of amides is 2. The molecule has 0 spiro atoms. The number of fused-ring (bicyclic) bond motifs is 2. The number of nitrogens with one attached hydrogen (secondary N) is 1. The molecule has 36 heavy (non-hydrogen) atoms. The highest BCUT2D eigenvalue weighted by Gasteiger charge is 2.56.